The van der Waals surface area contributed by atoms with Gasteiger partial charge in [0.2, 0.25) is 5.91 Å². The summed E-state index contributed by atoms with van der Waals surface area (Å²) in [5.41, 5.74) is 14.8. The number of aliphatic hydroxyl groups excluding tert-OH is 1. The molecule has 2 aromatic carbocycles. The number of amides is 2. The first-order valence-corrected chi connectivity index (χ1v) is 20.8. The Bertz CT molecular complexity index is 1450. The highest BCUT2D eigenvalue weighted by molar-refractivity contribution is 6.37. The fourth-order valence-electron chi connectivity index (χ4n) is 8.33. The molecule has 1 aliphatic rings. The number of aliphatic hydroxyl groups is 1. The summed E-state index contributed by atoms with van der Waals surface area (Å²) in [4.78, 5) is 32.6. The van der Waals surface area contributed by atoms with Crippen molar-refractivity contribution in [2.75, 3.05) is 33.4 Å². The number of hydrogen-bond donors (Lipinski definition) is 4. The second-order valence-corrected chi connectivity index (χ2v) is 16.6. The molecule has 4 atom stereocenters. The average Bonchev–Trinajstić information content (AvgIpc) is 3.18. The molecule has 0 bridgehead atoms. The van der Waals surface area contributed by atoms with Crippen LogP contribution < -0.4 is 16.8 Å². The molecular formula is C45H73N5O4. The summed E-state index contributed by atoms with van der Waals surface area (Å²) < 4.78 is 5.59. The minimum Gasteiger partial charge on any atom is -0.379 e. The van der Waals surface area contributed by atoms with E-state index in [-0.39, 0.29) is 22.6 Å². The molecule has 6 N–H and O–H groups in total. The summed E-state index contributed by atoms with van der Waals surface area (Å²) in [6.45, 7) is 16.4. The van der Waals surface area contributed by atoms with Crippen molar-refractivity contribution in [2.24, 2.45) is 27.8 Å². The first kappa shape index (κ1) is 45.1. The summed E-state index contributed by atoms with van der Waals surface area (Å²) >= 11 is 0. The molecule has 0 aromatic heterocycles. The van der Waals surface area contributed by atoms with Crippen LogP contribution in [0.25, 0.3) is 0 Å². The lowest BCUT2D eigenvalue weighted by Crippen LogP contribution is -2.51. The van der Waals surface area contributed by atoms with Gasteiger partial charge in [-0.15, -0.1) is 0 Å². The van der Waals surface area contributed by atoms with Crippen molar-refractivity contribution in [1.82, 2.24) is 10.2 Å². The quantitative estimate of drug-likeness (QED) is 0.0411. The Morgan fingerprint density at radius 2 is 1.43 bits per heavy atom. The zero-order valence-electron chi connectivity index (χ0n) is 34.7. The number of hydrogen-bond acceptors (Lipinski definition) is 6. The number of carbonyl (C=O) groups is 2. The van der Waals surface area contributed by atoms with Gasteiger partial charge < -0.3 is 31.5 Å². The summed E-state index contributed by atoms with van der Waals surface area (Å²) in [6, 6.07) is 15.9. The third-order valence-electron chi connectivity index (χ3n) is 12.8. The van der Waals surface area contributed by atoms with Crippen molar-refractivity contribution >= 4 is 23.3 Å². The van der Waals surface area contributed by atoms with Gasteiger partial charge in [-0.25, -0.2) is 4.99 Å². The maximum atomic E-state index is 14.4. The lowest BCUT2D eigenvalue weighted by molar-refractivity contribution is -0.142. The number of rotatable bonds is 22. The first-order chi connectivity index (χ1) is 25.7. The molecule has 1 aliphatic heterocycles. The van der Waals surface area contributed by atoms with Crippen LogP contribution in [0, 0.1) is 11.3 Å². The zero-order chi connectivity index (χ0) is 39.8. The largest absolute Gasteiger partial charge is 0.379 e. The summed E-state index contributed by atoms with van der Waals surface area (Å²) in [7, 11) is 1.53. The van der Waals surface area contributed by atoms with Gasteiger partial charge in [-0.1, -0.05) is 136 Å². The highest BCUT2D eigenvalue weighted by atomic mass is 16.5. The molecule has 0 aliphatic carbocycles. The van der Waals surface area contributed by atoms with Crippen LogP contribution in [0.5, 0.6) is 0 Å². The van der Waals surface area contributed by atoms with Crippen LogP contribution in [0.3, 0.4) is 0 Å². The molecule has 4 unspecified atom stereocenters. The van der Waals surface area contributed by atoms with Crippen molar-refractivity contribution in [3.8, 4) is 0 Å². The number of morpholine rings is 1. The van der Waals surface area contributed by atoms with E-state index in [2.05, 4.69) is 64.0 Å². The Kier molecular flexibility index (Phi) is 18.2. The molecule has 1 heterocycles. The van der Waals surface area contributed by atoms with E-state index in [9.17, 15) is 14.7 Å². The number of nitrogens with zero attached hydrogens (tertiary/aromatic N) is 2. The van der Waals surface area contributed by atoms with Gasteiger partial charge in [-0.2, -0.15) is 0 Å². The first-order valence-electron chi connectivity index (χ1n) is 20.8. The van der Waals surface area contributed by atoms with E-state index in [4.69, 9.17) is 16.2 Å². The molecule has 1 saturated heterocycles. The van der Waals surface area contributed by atoms with Crippen LogP contribution in [0.2, 0.25) is 0 Å². The predicted molar refractivity (Wildman–Crippen MR) is 223 cm³/mol. The van der Waals surface area contributed by atoms with E-state index in [1.807, 2.05) is 41.3 Å². The van der Waals surface area contributed by atoms with Crippen molar-refractivity contribution in [3.63, 3.8) is 0 Å². The Morgan fingerprint density at radius 3 is 1.98 bits per heavy atom. The molecule has 0 saturated carbocycles. The van der Waals surface area contributed by atoms with Crippen LogP contribution in [0.1, 0.15) is 154 Å². The SMILES string of the molecule is CCCC(CCC(C)CCCCCCCCCC(C)(CC)C(C)(C)c1ccc(C(N)O)cc1)(C(=O)N1CCOCC1)c1ccc(N=C(N)C(=O)NC)cc1. The number of nitrogens with two attached hydrogens (primary N) is 2. The highest BCUT2D eigenvalue weighted by Crippen LogP contribution is 2.48. The van der Waals surface area contributed by atoms with Gasteiger partial charge in [0.15, 0.2) is 5.84 Å². The minimum atomic E-state index is -0.931. The smallest absolute Gasteiger partial charge is 0.286 e. The Morgan fingerprint density at radius 1 is 0.852 bits per heavy atom. The molecule has 0 radical (unpaired) electrons. The molecule has 9 nitrogen and oxygen atoms in total. The normalized spacial score (nSPS) is 17.4. The fraction of sp³-hybridized carbons (Fsp3) is 0.667. The summed E-state index contributed by atoms with van der Waals surface area (Å²) in [5.74, 6) is 0.219. The molecule has 9 heteroatoms. The number of carbonyl (C=O) groups excluding carboxylic acids is 2. The van der Waals surface area contributed by atoms with E-state index < -0.39 is 17.6 Å². The van der Waals surface area contributed by atoms with E-state index >= 15 is 0 Å². The lowest BCUT2D eigenvalue weighted by atomic mass is 9.59. The third-order valence-corrected chi connectivity index (χ3v) is 12.8. The molecule has 3 rings (SSSR count). The van der Waals surface area contributed by atoms with Crippen LogP contribution in [0.15, 0.2) is 53.5 Å². The molecule has 1 fully saturated rings. The molecule has 302 valence electrons. The maximum absolute atomic E-state index is 14.4. The average molecular weight is 748 g/mol. The molecule has 54 heavy (non-hydrogen) atoms. The van der Waals surface area contributed by atoms with Gasteiger partial charge in [0.05, 0.1) is 24.3 Å². The topological polar surface area (TPSA) is 143 Å². The van der Waals surface area contributed by atoms with Crippen LogP contribution in [-0.4, -0.2) is 61.0 Å². The van der Waals surface area contributed by atoms with Crippen molar-refractivity contribution in [2.45, 2.75) is 148 Å². The maximum Gasteiger partial charge on any atom is 0.286 e. The van der Waals surface area contributed by atoms with E-state index in [0.717, 1.165) is 43.2 Å². The summed E-state index contributed by atoms with van der Waals surface area (Å²) in [6.07, 6.45) is 14.9. The second kappa shape index (κ2) is 21.7. The predicted octanol–water partition coefficient (Wildman–Crippen LogP) is 8.59. The highest BCUT2D eigenvalue weighted by Gasteiger charge is 2.43. The zero-order valence-corrected chi connectivity index (χ0v) is 34.7. The van der Waals surface area contributed by atoms with Crippen molar-refractivity contribution in [3.05, 3.63) is 65.2 Å². The monoisotopic (exact) mass is 748 g/mol. The Balaban J connectivity index is 1.50. The van der Waals surface area contributed by atoms with Gasteiger partial charge in [0.1, 0.15) is 6.23 Å². The van der Waals surface area contributed by atoms with Crippen LogP contribution >= 0.6 is 0 Å². The number of benzene rings is 2. The number of nitrogens with one attached hydrogen (secondary N) is 1. The van der Waals surface area contributed by atoms with Crippen molar-refractivity contribution in [1.29, 1.82) is 0 Å². The second-order valence-electron chi connectivity index (χ2n) is 16.6. The van der Waals surface area contributed by atoms with Gasteiger partial charge >= 0.3 is 0 Å². The van der Waals surface area contributed by atoms with Gasteiger partial charge in [-0.3, -0.25) is 9.59 Å². The minimum absolute atomic E-state index is 0.0198. The van der Waals surface area contributed by atoms with Crippen molar-refractivity contribution < 1.29 is 19.4 Å². The number of aliphatic imine (C=N–C) groups is 1. The van der Waals surface area contributed by atoms with Crippen LogP contribution in [-0.2, 0) is 25.2 Å². The van der Waals surface area contributed by atoms with Gasteiger partial charge in [-0.05, 0) is 77.7 Å². The third kappa shape index (κ3) is 12.1. The number of likely N-dealkylation sites (N-methyl/N-ethyl adjacent to an activating group) is 1. The standard InChI is InChI=1S/C45H73N5O4/c1-8-27-45(42(53)50-30-32-54-33-31-50,37-22-24-38(25-23-37)49-39(46)41(52)48-7)29-26-34(3)17-15-13-11-10-12-14-16-28-44(6,9-2)43(4,5)36-20-18-35(19-21-36)40(47)51/h18-25,34,40,51H,8-17,26-33,47H2,1-7H3,(H2,46,49)(H,48,52). The molecule has 2 amide bonds. The summed E-state index contributed by atoms with van der Waals surface area (Å²) in [5, 5.41) is 12.2. The Hall–Kier alpha value is -3.27. The van der Waals surface area contributed by atoms with Crippen LogP contribution in [0.4, 0.5) is 5.69 Å². The van der Waals surface area contributed by atoms with E-state index in [0.29, 0.717) is 37.9 Å². The molecular weight excluding hydrogens is 675 g/mol. The fourth-order valence-corrected chi connectivity index (χ4v) is 8.33. The van der Waals surface area contributed by atoms with E-state index in [1.54, 1.807) is 0 Å². The molecule has 2 aromatic rings. The number of amidine groups is 1. The molecule has 0 spiro atoms. The van der Waals surface area contributed by atoms with E-state index in [1.165, 1.54) is 70.4 Å². The lowest BCUT2D eigenvalue weighted by Gasteiger charge is -2.45. The number of unbranched alkanes of at least 4 members (excludes halogenated alkanes) is 6. The number of ether oxygens (including phenoxy) is 1. The van der Waals surface area contributed by atoms with Gasteiger partial charge in [0.25, 0.3) is 5.91 Å². The Labute approximate surface area is 327 Å². The van der Waals surface area contributed by atoms with Gasteiger partial charge in [0, 0.05) is 20.1 Å².